The van der Waals surface area contributed by atoms with Crippen LogP contribution in [0.3, 0.4) is 0 Å². The number of amides is 2. The molecule has 1 heterocycles. The Hall–Kier alpha value is -2.43. The molecule has 0 saturated carbocycles. The van der Waals surface area contributed by atoms with Gasteiger partial charge in [-0.1, -0.05) is 18.2 Å². The third-order valence-corrected chi connectivity index (χ3v) is 6.31. The fraction of sp³-hybridized carbons (Fsp3) is 0.316. The zero-order chi connectivity index (χ0) is 21.4. The first kappa shape index (κ1) is 22.9. The van der Waals surface area contributed by atoms with E-state index in [1.165, 1.54) is 24.0 Å². The van der Waals surface area contributed by atoms with Gasteiger partial charge in [0, 0.05) is 6.20 Å². The van der Waals surface area contributed by atoms with Crippen molar-refractivity contribution in [3.63, 3.8) is 0 Å². The molecule has 8 nitrogen and oxygen atoms in total. The molecular formula is C19H24N4O4S2. The summed E-state index contributed by atoms with van der Waals surface area (Å²) in [5.74, 6) is -0.695. The van der Waals surface area contributed by atoms with E-state index in [4.69, 9.17) is 0 Å². The van der Waals surface area contributed by atoms with E-state index in [-0.39, 0.29) is 17.0 Å². The van der Waals surface area contributed by atoms with Crippen molar-refractivity contribution in [2.24, 2.45) is 0 Å². The smallest absolute Gasteiger partial charge is 0.271 e. The topological polar surface area (TPSA) is 117 Å². The predicted octanol–water partition coefficient (Wildman–Crippen LogP) is 1.56. The highest BCUT2D eigenvalue weighted by Gasteiger charge is 2.27. The highest BCUT2D eigenvalue weighted by molar-refractivity contribution is 7.98. The van der Waals surface area contributed by atoms with Gasteiger partial charge >= 0.3 is 0 Å². The molecule has 0 radical (unpaired) electrons. The molecule has 29 heavy (non-hydrogen) atoms. The number of benzene rings is 1. The minimum absolute atomic E-state index is 0.122. The Balaban J connectivity index is 2.12. The number of carbonyl (C=O) groups is 2. The first-order chi connectivity index (χ1) is 13.7. The van der Waals surface area contributed by atoms with E-state index in [1.54, 1.807) is 38.1 Å². The van der Waals surface area contributed by atoms with E-state index < -0.39 is 27.9 Å². The molecule has 156 valence electrons. The number of thioether (sulfide) groups is 1. The number of aryl methyl sites for hydroxylation is 2. The van der Waals surface area contributed by atoms with Crippen LogP contribution in [-0.4, -0.2) is 43.3 Å². The van der Waals surface area contributed by atoms with Crippen molar-refractivity contribution >= 4 is 33.6 Å². The van der Waals surface area contributed by atoms with Gasteiger partial charge in [0.25, 0.3) is 11.8 Å². The molecular weight excluding hydrogens is 412 g/mol. The van der Waals surface area contributed by atoms with Crippen LogP contribution in [0.5, 0.6) is 0 Å². The first-order valence-electron chi connectivity index (χ1n) is 8.84. The summed E-state index contributed by atoms with van der Waals surface area (Å²) in [6, 6.07) is 8.85. The summed E-state index contributed by atoms with van der Waals surface area (Å²) in [5, 5.41) is 0. The molecule has 0 aliphatic carbocycles. The van der Waals surface area contributed by atoms with Crippen LogP contribution in [-0.2, 0) is 14.8 Å². The molecule has 3 N–H and O–H groups in total. The van der Waals surface area contributed by atoms with Crippen molar-refractivity contribution < 1.29 is 18.0 Å². The summed E-state index contributed by atoms with van der Waals surface area (Å²) in [6.45, 7) is 3.49. The van der Waals surface area contributed by atoms with Crippen molar-refractivity contribution in [2.45, 2.75) is 31.2 Å². The van der Waals surface area contributed by atoms with Crippen LogP contribution in [0.4, 0.5) is 0 Å². The second-order valence-corrected chi connectivity index (χ2v) is 9.05. The number of carbonyl (C=O) groups excluding carboxylic acids is 2. The Bertz CT molecular complexity index is 965. The molecule has 2 amide bonds. The fourth-order valence-electron chi connectivity index (χ4n) is 2.49. The number of hydrogen-bond donors (Lipinski definition) is 3. The van der Waals surface area contributed by atoms with Crippen molar-refractivity contribution in [3.8, 4) is 0 Å². The van der Waals surface area contributed by atoms with Crippen molar-refractivity contribution in [3.05, 3.63) is 59.4 Å². The lowest BCUT2D eigenvalue weighted by atomic mass is 10.2. The SMILES string of the molecule is CSCCC(NS(=O)(=O)c1cc(C)ccc1C)C(=O)NNC(=O)c1ccccn1. The molecule has 0 bridgehead atoms. The van der Waals surface area contributed by atoms with Crippen LogP contribution >= 0.6 is 11.8 Å². The Labute approximate surface area is 174 Å². The molecule has 0 spiro atoms. The van der Waals surface area contributed by atoms with Crippen LogP contribution in [0.25, 0.3) is 0 Å². The molecule has 0 saturated heterocycles. The normalized spacial score (nSPS) is 12.2. The number of hydrogen-bond acceptors (Lipinski definition) is 6. The predicted molar refractivity (Wildman–Crippen MR) is 113 cm³/mol. The van der Waals surface area contributed by atoms with Crippen LogP contribution in [0.15, 0.2) is 47.5 Å². The Morgan fingerprint density at radius 1 is 1.14 bits per heavy atom. The van der Waals surface area contributed by atoms with E-state index in [1.807, 2.05) is 12.3 Å². The van der Waals surface area contributed by atoms with Gasteiger partial charge in [-0.05, 0) is 61.6 Å². The maximum Gasteiger partial charge on any atom is 0.288 e. The average molecular weight is 437 g/mol. The van der Waals surface area contributed by atoms with E-state index in [0.717, 1.165) is 5.56 Å². The maximum atomic E-state index is 12.8. The van der Waals surface area contributed by atoms with Crippen LogP contribution in [0.1, 0.15) is 28.0 Å². The molecule has 2 aromatic rings. The van der Waals surface area contributed by atoms with Crippen molar-refractivity contribution in [1.29, 1.82) is 0 Å². The number of aromatic nitrogens is 1. The van der Waals surface area contributed by atoms with Gasteiger partial charge in [0.05, 0.1) is 4.90 Å². The zero-order valence-corrected chi connectivity index (χ0v) is 18.1. The molecule has 2 rings (SSSR count). The van der Waals surface area contributed by atoms with Gasteiger partial charge in [-0.2, -0.15) is 16.5 Å². The fourth-order valence-corrected chi connectivity index (χ4v) is 4.52. The number of nitrogens with one attached hydrogen (secondary N) is 3. The minimum atomic E-state index is -3.92. The average Bonchev–Trinajstić information content (AvgIpc) is 2.71. The third kappa shape index (κ3) is 6.55. The van der Waals surface area contributed by atoms with E-state index in [2.05, 4.69) is 20.6 Å². The maximum absolute atomic E-state index is 12.8. The van der Waals surface area contributed by atoms with Gasteiger partial charge in [-0.15, -0.1) is 0 Å². The molecule has 0 aliphatic rings. The minimum Gasteiger partial charge on any atom is -0.271 e. The van der Waals surface area contributed by atoms with Gasteiger partial charge in [-0.3, -0.25) is 25.4 Å². The van der Waals surface area contributed by atoms with E-state index in [0.29, 0.717) is 11.3 Å². The molecule has 1 aromatic heterocycles. The summed E-state index contributed by atoms with van der Waals surface area (Å²) >= 11 is 1.48. The molecule has 0 fully saturated rings. The Kier molecular flexibility index (Phi) is 8.18. The summed E-state index contributed by atoms with van der Waals surface area (Å²) in [5.41, 5.74) is 6.04. The van der Waals surface area contributed by atoms with E-state index in [9.17, 15) is 18.0 Å². The molecule has 0 aliphatic heterocycles. The van der Waals surface area contributed by atoms with Gasteiger partial charge < -0.3 is 0 Å². The van der Waals surface area contributed by atoms with Crippen LogP contribution in [0.2, 0.25) is 0 Å². The van der Waals surface area contributed by atoms with E-state index >= 15 is 0 Å². The van der Waals surface area contributed by atoms with Gasteiger partial charge in [-0.25, -0.2) is 8.42 Å². The van der Waals surface area contributed by atoms with Gasteiger partial charge in [0.2, 0.25) is 10.0 Å². The lowest BCUT2D eigenvalue weighted by Crippen LogP contribution is -2.52. The lowest BCUT2D eigenvalue weighted by Gasteiger charge is -2.19. The number of nitrogens with zero attached hydrogens (tertiary/aromatic N) is 1. The molecule has 10 heteroatoms. The quantitative estimate of drug-likeness (QED) is 0.541. The van der Waals surface area contributed by atoms with Crippen LogP contribution < -0.4 is 15.6 Å². The third-order valence-electron chi connectivity index (χ3n) is 4.05. The van der Waals surface area contributed by atoms with Gasteiger partial charge in [0.15, 0.2) is 0 Å². The van der Waals surface area contributed by atoms with Crippen molar-refractivity contribution in [1.82, 2.24) is 20.6 Å². The lowest BCUT2D eigenvalue weighted by molar-refractivity contribution is -0.123. The summed E-state index contributed by atoms with van der Waals surface area (Å²) in [7, 11) is -3.92. The highest BCUT2D eigenvalue weighted by Crippen LogP contribution is 2.17. The number of pyridine rings is 1. The Morgan fingerprint density at radius 2 is 1.90 bits per heavy atom. The standard InChI is InChI=1S/C19H24N4O4S2/c1-13-7-8-14(2)17(12-13)29(26,27)23-16(9-11-28-3)19(25)22-21-18(24)15-6-4-5-10-20-15/h4-8,10,12,16,23H,9,11H2,1-3H3,(H,21,24)(H,22,25). The number of rotatable bonds is 8. The second kappa shape index (κ2) is 10.4. The first-order valence-corrected chi connectivity index (χ1v) is 11.7. The summed E-state index contributed by atoms with van der Waals surface area (Å²) in [6.07, 6.45) is 3.57. The second-order valence-electron chi connectivity index (χ2n) is 6.38. The summed E-state index contributed by atoms with van der Waals surface area (Å²) in [4.78, 5) is 28.6. The molecule has 1 aromatic carbocycles. The largest absolute Gasteiger partial charge is 0.288 e. The zero-order valence-electron chi connectivity index (χ0n) is 16.4. The highest BCUT2D eigenvalue weighted by atomic mass is 32.2. The Morgan fingerprint density at radius 3 is 2.55 bits per heavy atom. The van der Waals surface area contributed by atoms with Crippen molar-refractivity contribution in [2.75, 3.05) is 12.0 Å². The number of hydrazine groups is 1. The summed E-state index contributed by atoms with van der Waals surface area (Å²) < 4.78 is 28.2. The molecule has 1 unspecified atom stereocenters. The monoisotopic (exact) mass is 436 g/mol. The van der Waals surface area contributed by atoms with Gasteiger partial charge in [0.1, 0.15) is 11.7 Å². The van der Waals surface area contributed by atoms with Crippen LogP contribution in [0, 0.1) is 13.8 Å². The number of sulfonamides is 1. The molecule has 1 atom stereocenters.